The lowest BCUT2D eigenvalue weighted by Crippen LogP contribution is -2.12. The van der Waals surface area contributed by atoms with E-state index in [1.54, 1.807) is 23.6 Å². The molecule has 5 nitrogen and oxygen atoms in total. The predicted molar refractivity (Wildman–Crippen MR) is 60.7 cm³/mol. The molecule has 0 saturated carbocycles. The minimum atomic E-state index is -0.322. The molecule has 2 rings (SSSR count). The largest absolute Gasteiger partial charge is 0.461 e. The van der Waals surface area contributed by atoms with Gasteiger partial charge in [0.2, 0.25) is 0 Å². The molecule has 2 aromatic rings. The smallest absolute Gasteiger partial charge is 0.354 e. The molecule has 0 spiro atoms. The zero-order chi connectivity index (χ0) is 12.3. The minimum absolute atomic E-state index is 0.322. The highest BCUT2D eigenvalue weighted by atomic mass is 16.5. The van der Waals surface area contributed by atoms with Gasteiger partial charge in [0.25, 0.3) is 0 Å². The van der Waals surface area contributed by atoms with Crippen LogP contribution in [0.3, 0.4) is 0 Å². The van der Waals surface area contributed by atoms with E-state index < -0.39 is 0 Å². The van der Waals surface area contributed by atoms with Gasteiger partial charge in [0.05, 0.1) is 13.2 Å². The van der Waals surface area contributed by atoms with Gasteiger partial charge < -0.3 is 13.8 Å². The van der Waals surface area contributed by atoms with Gasteiger partial charge in [0.15, 0.2) is 0 Å². The van der Waals surface area contributed by atoms with Gasteiger partial charge in [-0.15, -0.1) is 0 Å². The van der Waals surface area contributed by atoms with Gasteiger partial charge >= 0.3 is 5.97 Å². The summed E-state index contributed by atoms with van der Waals surface area (Å²) in [6.45, 7) is 4.48. The van der Waals surface area contributed by atoms with E-state index in [9.17, 15) is 4.79 Å². The second-order valence-electron chi connectivity index (χ2n) is 3.67. The summed E-state index contributed by atoms with van der Waals surface area (Å²) in [7, 11) is 0. The first-order valence-corrected chi connectivity index (χ1v) is 5.45. The first kappa shape index (κ1) is 11.4. The Morgan fingerprint density at radius 3 is 3.06 bits per heavy atom. The number of ether oxygens (including phenoxy) is 1. The van der Waals surface area contributed by atoms with Gasteiger partial charge in [-0.2, -0.15) is 0 Å². The number of aryl methyl sites for hydroxylation is 1. The lowest BCUT2D eigenvalue weighted by Gasteiger charge is -2.06. The van der Waals surface area contributed by atoms with E-state index in [-0.39, 0.29) is 5.97 Å². The third kappa shape index (κ3) is 2.55. The average Bonchev–Trinajstić information content (AvgIpc) is 2.89. The van der Waals surface area contributed by atoms with Crippen LogP contribution in [-0.2, 0) is 11.3 Å². The molecule has 0 aliphatic carbocycles. The Morgan fingerprint density at radius 2 is 2.41 bits per heavy atom. The molecular formula is C12H14N2O3. The van der Waals surface area contributed by atoms with E-state index in [0.717, 1.165) is 11.5 Å². The average molecular weight is 234 g/mol. The normalized spacial score (nSPS) is 10.5. The maximum atomic E-state index is 11.6. The lowest BCUT2D eigenvalue weighted by atomic mass is 10.3. The Balaban J connectivity index is 2.16. The van der Waals surface area contributed by atoms with Crippen LogP contribution in [-0.4, -0.2) is 22.3 Å². The molecule has 0 aliphatic rings. The van der Waals surface area contributed by atoms with Crippen LogP contribution in [0, 0.1) is 6.92 Å². The van der Waals surface area contributed by atoms with Crippen LogP contribution >= 0.6 is 0 Å². The molecule has 0 N–H and O–H groups in total. The Labute approximate surface area is 99.0 Å². The van der Waals surface area contributed by atoms with Gasteiger partial charge in [-0.25, -0.2) is 4.79 Å². The molecule has 0 unspecified atom stereocenters. The standard InChI is InChI=1S/C12H14N2O3/c1-3-16-12(15)11-5-4-6-14(11)8-10-7-9(2)17-13-10/h4-7H,3,8H2,1-2H3. The van der Waals surface area contributed by atoms with Crippen molar-refractivity contribution >= 4 is 5.97 Å². The number of hydrogen-bond donors (Lipinski definition) is 0. The number of esters is 1. The topological polar surface area (TPSA) is 57.3 Å². The van der Waals surface area contributed by atoms with Crippen molar-refractivity contribution in [3.8, 4) is 0 Å². The van der Waals surface area contributed by atoms with Crippen molar-refractivity contribution in [1.29, 1.82) is 0 Å². The fraction of sp³-hybridized carbons (Fsp3) is 0.333. The van der Waals surface area contributed by atoms with E-state index in [1.165, 1.54) is 0 Å². The highest BCUT2D eigenvalue weighted by Crippen LogP contribution is 2.09. The summed E-state index contributed by atoms with van der Waals surface area (Å²) in [5.74, 6) is 0.433. The van der Waals surface area contributed by atoms with Crippen LogP contribution in [0.15, 0.2) is 28.9 Å². The van der Waals surface area contributed by atoms with Crippen molar-refractivity contribution in [3.05, 3.63) is 41.5 Å². The summed E-state index contributed by atoms with van der Waals surface area (Å²) in [6.07, 6.45) is 1.82. The summed E-state index contributed by atoms with van der Waals surface area (Å²) in [5.41, 5.74) is 1.30. The molecule has 0 aromatic carbocycles. The zero-order valence-corrected chi connectivity index (χ0v) is 9.84. The molecule has 2 aromatic heterocycles. The molecule has 0 radical (unpaired) electrons. The van der Waals surface area contributed by atoms with Crippen molar-refractivity contribution in [2.24, 2.45) is 0 Å². The number of carbonyl (C=O) groups is 1. The van der Waals surface area contributed by atoms with Crippen LogP contribution in [0.2, 0.25) is 0 Å². The SMILES string of the molecule is CCOC(=O)c1cccn1Cc1cc(C)on1. The highest BCUT2D eigenvalue weighted by Gasteiger charge is 2.12. The summed E-state index contributed by atoms with van der Waals surface area (Å²) in [5, 5.41) is 3.89. The van der Waals surface area contributed by atoms with E-state index in [4.69, 9.17) is 9.26 Å². The summed E-state index contributed by atoms with van der Waals surface area (Å²) < 4.78 is 11.7. The molecule has 5 heteroatoms. The second kappa shape index (κ2) is 4.86. The Kier molecular flexibility index (Phi) is 3.27. The molecule has 0 atom stereocenters. The maximum absolute atomic E-state index is 11.6. The number of carbonyl (C=O) groups excluding carboxylic acids is 1. The molecule has 0 saturated heterocycles. The minimum Gasteiger partial charge on any atom is -0.461 e. The van der Waals surface area contributed by atoms with E-state index in [0.29, 0.717) is 18.8 Å². The number of aromatic nitrogens is 2. The Bertz CT molecular complexity index is 513. The monoisotopic (exact) mass is 234 g/mol. The molecule has 90 valence electrons. The fourth-order valence-electron chi connectivity index (χ4n) is 1.61. The van der Waals surface area contributed by atoms with Crippen molar-refractivity contribution in [3.63, 3.8) is 0 Å². The highest BCUT2D eigenvalue weighted by molar-refractivity contribution is 5.87. The third-order valence-corrected chi connectivity index (χ3v) is 2.32. The molecule has 0 bridgehead atoms. The number of nitrogens with zero attached hydrogens (tertiary/aromatic N) is 2. The van der Waals surface area contributed by atoms with E-state index in [2.05, 4.69) is 5.16 Å². The summed E-state index contributed by atoms with van der Waals surface area (Å²) >= 11 is 0. The Hall–Kier alpha value is -2.04. The first-order chi connectivity index (χ1) is 8.20. The zero-order valence-electron chi connectivity index (χ0n) is 9.84. The van der Waals surface area contributed by atoms with Crippen molar-refractivity contribution in [2.45, 2.75) is 20.4 Å². The number of rotatable bonds is 4. The van der Waals surface area contributed by atoms with Gasteiger partial charge in [0, 0.05) is 12.3 Å². The quantitative estimate of drug-likeness (QED) is 0.759. The first-order valence-electron chi connectivity index (χ1n) is 5.45. The fourth-order valence-corrected chi connectivity index (χ4v) is 1.61. The molecule has 0 amide bonds. The second-order valence-corrected chi connectivity index (χ2v) is 3.67. The van der Waals surface area contributed by atoms with Crippen LogP contribution in [0.1, 0.15) is 28.9 Å². The van der Waals surface area contributed by atoms with Crippen LogP contribution in [0.4, 0.5) is 0 Å². The van der Waals surface area contributed by atoms with Crippen molar-refractivity contribution < 1.29 is 14.1 Å². The maximum Gasteiger partial charge on any atom is 0.354 e. The summed E-state index contributed by atoms with van der Waals surface area (Å²) in [6, 6.07) is 5.37. The summed E-state index contributed by atoms with van der Waals surface area (Å²) in [4.78, 5) is 11.6. The van der Waals surface area contributed by atoms with Crippen LogP contribution < -0.4 is 0 Å². The third-order valence-electron chi connectivity index (χ3n) is 2.32. The van der Waals surface area contributed by atoms with Crippen LogP contribution in [0.5, 0.6) is 0 Å². The molecule has 2 heterocycles. The molecule has 17 heavy (non-hydrogen) atoms. The van der Waals surface area contributed by atoms with Crippen LogP contribution in [0.25, 0.3) is 0 Å². The molecule has 0 aliphatic heterocycles. The van der Waals surface area contributed by atoms with Gasteiger partial charge in [-0.1, -0.05) is 5.16 Å². The predicted octanol–water partition coefficient (Wildman–Crippen LogP) is 2.01. The van der Waals surface area contributed by atoms with Crippen molar-refractivity contribution in [1.82, 2.24) is 9.72 Å². The van der Waals surface area contributed by atoms with Gasteiger partial charge in [-0.3, -0.25) is 0 Å². The van der Waals surface area contributed by atoms with Gasteiger partial charge in [-0.05, 0) is 26.0 Å². The molecular weight excluding hydrogens is 220 g/mol. The Morgan fingerprint density at radius 1 is 1.59 bits per heavy atom. The van der Waals surface area contributed by atoms with E-state index >= 15 is 0 Å². The van der Waals surface area contributed by atoms with Gasteiger partial charge in [0.1, 0.15) is 17.1 Å². The van der Waals surface area contributed by atoms with Crippen molar-refractivity contribution in [2.75, 3.05) is 6.61 Å². The lowest BCUT2D eigenvalue weighted by molar-refractivity contribution is 0.0514. The molecule has 0 fully saturated rings. The number of hydrogen-bond acceptors (Lipinski definition) is 4. The van der Waals surface area contributed by atoms with E-state index in [1.807, 2.05) is 19.2 Å².